The van der Waals surface area contributed by atoms with Gasteiger partial charge < -0.3 is 5.11 Å². The molecule has 4 N–H and O–H groups in total. The van der Waals surface area contributed by atoms with Crippen molar-refractivity contribution < 1.29 is 23.1 Å². The first-order valence-electron chi connectivity index (χ1n) is 13.9. The van der Waals surface area contributed by atoms with Crippen LogP contribution in [0.4, 0.5) is 4.39 Å². The number of rotatable bonds is 8. The lowest BCUT2D eigenvalue weighted by atomic mass is 9.96. The lowest BCUT2D eigenvalue weighted by Gasteiger charge is -2.09. The number of halogens is 1. The lowest BCUT2D eigenvalue weighted by Crippen LogP contribution is -2.20. The van der Waals surface area contributed by atoms with Gasteiger partial charge in [-0.15, -0.1) is 16.5 Å². The van der Waals surface area contributed by atoms with Gasteiger partial charge >= 0.3 is 16.4 Å². The minimum absolute atomic E-state index is 0.0535. The molecule has 2 saturated carbocycles. The highest BCUT2D eigenvalue weighted by atomic mass is 32.3. The van der Waals surface area contributed by atoms with Crippen molar-refractivity contribution in [1.82, 2.24) is 14.8 Å². The van der Waals surface area contributed by atoms with Gasteiger partial charge in [-0.2, -0.15) is 9.65 Å². The standard InChI is InChI=1S/C31H29FN4O4S2/c32-26-14-11-23(17-22(26)10-7-19-3-1-2-4-19)29-25(15-20-8-12-24(13-9-20)42(33,39)40)28(16-21-5-6-21)36(35-29)31-34-27(18-41-31)30(37)38/h8-9,11-14,17-19,21H,1-6,15-16H2,(H3-,33,37,38,39,40)/p+1. The van der Waals surface area contributed by atoms with Crippen LogP contribution in [0.2, 0.25) is 0 Å². The van der Waals surface area contributed by atoms with Gasteiger partial charge in [0.2, 0.25) is 10.0 Å². The molecule has 4 aromatic rings. The van der Waals surface area contributed by atoms with Crippen molar-refractivity contribution in [3.05, 3.63) is 81.7 Å². The van der Waals surface area contributed by atoms with E-state index in [9.17, 15) is 23.1 Å². The van der Waals surface area contributed by atoms with Gasteiger partial charge in [0.25, 0.3) is 0 Å². The van der Waals surface area contributed by atoms with Crippen LogP contribution in [0.15, 0.2) is 52.7 Å². The maximum absolute atomic E-state index is 14.9. The number of aromatic nitrogens is 3. The van der Waals surface area contributed by atoms with Crippen LogP contribution in [0.3, 0.4) is 0 Å². The number of thiazole rings is 1. The van der Waals surface area contributed by atoms with Crippen molar-refractivity contribution in [1.29, 1.82) is 0 Å². The number of hydrogen-bond acceptors (Lipinski definition) is 5. The Morgan fingerprint density at radius 1 is 1.14 bits per heavy atom. The molecule has 11 heteroatoms. The summed E-state index contributed by atoms with van der Waals surface area (Å²) in [5, 5.41) is 21.8. The SMILES string of the molecule is N[S+](=O)(O)c1ccc(Cc2c(-c3ccc(F)c(C#CC4CCCC4)c3)nn(-c3nc(C(=O)O)cs3)c2CC2CC2)cc1. The second-order valence-electron chi connectivity index (χ2n) is 11.0. The summed E-state index contributed by atoms with van der Waals surface area (Å²) in [6.07, 6.45) is 7.71. The predicted octanol–water partition coefficient (Wildman–Crippen LogP) is 6.12. The lowest BCUT2D eigenvalue weighted by molar-refractivity contribution is 0.0691. The van der Waals surface area contributed by atoms with Crippen LogP contribution in [-0.4, -0.2) is 30.4 Å². The molecule has 1 atom stereocenters. The minimum atomic E-state index is -3.59. The second kappa shape index (κ2) is 11.5. The molecule has 2 aromatic heterocycles. The summed E-state index contributed by atoms with van der Waals surface area (Å²) < 4.78 is 38.3. The molecule has 0 radical (unpaired) electrons. The van der Waals surface area contributed by atoms with Crippen molar-refractivity contribution in [2.45, 2.75) is 56.3 Å². The molecule has 2 aliphatic carbocycles. The summed E-state index contributed by atoms with van der Waals surface area (Å²) in [6, 6.07) is 11.4. The summed E-state index contributed by atoms with van der Waals surface area (Å²) in [5.41, 5.74) is 4.28. The fraction of sp³-hybridized carbons (Fsp3) is 0.323. The molecule has 6 rings (SSSR count). The Morgan fingerprint density at radius 2 is 1.88 bits per heavy atom. The van der Waals surface area contributed by atoms with E-state index in [-0.39, 0.29) is 22.3 Å². The molecule has 0 saturated heterocycles. The topological polar surface area (TPSA) is 131 Å². The fourth-order valence-corrected chi connectivity index (χ4v) is 6.65. The third-order valence-corrected chi connectivity index (χ3v) is 9.57. The summed E-state index contributed by atoms with van der Waals surface area (Å²) in [4.78, 5) is 16.1. The number of benzene rings is 2. The zero-order valence-corrected chi connectivity index (χ0v) is 24.4. The normalized spacial score (nSPS) is 16.6. The molecule has 216 valence electrons. The number of nitrogens with two attached hydrogens (primary N) is 1. The van der Waals surface area contributed by atoms with Crippen molar-refractivity contribution in [2.24, 2.45) is 17.0 Å². The maximum Gasteiger partial charge on any atom is 0.355 e. The Bertz CT molecular complexity index is 1750. The highest BCUT2D eigenvalue weighted by Gasteiger charge is 2.30. The smallest absolute Gasteiger partial charge is 0.355 e. The highest BCUT2D eigenvalue weighted by Crippen LogP contribution is 2.38. The Morgan fingerprint density at radius 3 is 2.52 bits per heavy atom. The predicted molar refractivity (Wildman–Crippen MR) is 159 cm³/mol. The van der Waals surface area contributed by atoms with Crippen LogP contribution in [0, 0.1) is 29.5 Å². The molecule has 8 nitrogen and oxygen atoms in total. The third-order valence-electron chi connectivity index (χ3n) is 7.81. The Balaban J connectivity index is 1.48. The van der Waals surface area contributed by atoms with E-state index in [2.05, 4.69) is 16.8 Å². The zero-order chi connectivity index (χ0) is 29.4. The summed E-state index contributed by atoms with van der Waals surface area (Å²) in [7, 11) is -3.59. The van der Waals surface area contributed by atoms with Crippen LogP contribution in [0.1, 0.15) is 71.4 Å². The van der Waals surface area contributed by atoms with Crippen molar-refractivity contribution >= 4 is 27.7 Å². The Labute approximate surface area is 248 Å². The van der Waals surface area contributed by atoms with Gasteiger partial charge in [0.05, 0.1) is 17.0 Å². The Hall–Kier alpha value is -3.69. The monoisotopic (exact) mass is 605 g/mol. The maximum atomic E-state index is 14.9. The summed E-state index contributed by atoms with van der Waals surface area (Å²) in [5.74, 6) is 5.57. The van der Waals surface area contributed by atoms with Gasteiger partial charge in [-0.05, 0) is 78.1 Å². The summed E-state index contributed by atoms with van der Waals surface area (Å²) in [6.45, 7) is 0. The number of hydrogen-bond donors (Lipinski definition) is 3. The molecule has 0 amide bonds. The van der Waals surface area contributed by atoms with E-state index in [1.165, 1.54) is 34.9 Å². The second-order valence-corrected chi connectivity index (χ2v) is 13.4. The molecule has 42 heavy (non-hydrogen) atoms. The first kappa shape index (κ1) is 28.4. The van der Waals surface area contributed by atoms with E-state index < -0.39 is 16.4 Å². The van der Waals surface area contributed by atoms with E-state index >= 15 is 0 Å². The van der Waals surface area contributed by atoms with E-state index in [4.69, 9.17) is 10.2 Å². The molecule has 0 spiro atoms. The number of carbonyl (C=O) groups is 1. The van der Waals surface area contributed by atoms with Crippen LogP contribution < -0.4 is 5.14 Å². The fourth-order valence-electron chi connectivity index (χ4n) is 5.35. The van der Waals surface area contributed by atoms with Gasteiger partial charge in [-0.1, -0.05) is 36.8 Å². The largest absolute Gasteiger partial charge is 0.476 e. The van der Waals surface area contributed by atoms with E-state index in [1.54, 1.807) is 28.9 Å². The zero-order valence-electron chi connectivity index (χ0n) is 22.8. The van der Waals surface area contributed by atoms with E-state index in [0.29, 0.717) is 34.3 Å². The molecular weight excluding hydrogens is 575 g/mol. The first-order valence-corrected chi connectivity index (χ1v) is 16.4. The van der Waals surface area contributed by atoms with Gasteiger partial charge in [-0.25, -0.2) is 18.9 Å². The number of nitrogens with zero attached hydrogens (tertiary/aromatic N) is 3. The number of carboxylic acids is 1. The quantitative estimate of drug-likeness (QED) is 0.164. The van der Waals surface area contributed by atoms with Gasteiger partial charge in [0.1, 0.15) is 5.82 Å². The first-order chi connectivity index (χ1) is 20.2. The Kier molecular flexibility index (Phi) is 7.81. The molecule has 2 aliphatic rings. The molecule has 2 aromatic carbocycles. The number of carboxylic acid groups (broad SMARTS) is 1. The van der Waals surface area contributed by atoms with Gasteiger partial charge in [0, 0.05) is 28.8 Å². The van der Waals surface area contributed by atoms with Crippen molar-refractivity contribution in [3.63, 3.8) is 0 Å². The third kappa shape index (κ3) is 6.22. The van der Waals surface area contributed by atoms with Crippen LogP contribution in [0.5, 0.6) is 0 Å². The molecule has 2 fully saturated rings. The number of aromatic carboxylic acids is 1. The minimum Gasteiger partial charge on any atom is -0.476 e. The molecule has 2 heterocycles. The van der Waals surface area contributed by atoms with Crippen LogP contribution in [-0.2, 0) is 27.5 Å². The molecular formula is C31H30FN4O4S2+. The van der Waals surface area contributed by atoms with Gasteiger partial charge in [0.15, 0.2) is 5.69 Å². The highest BCUT2D eigenvalue weighted by molar-refractivity contribution is 7.95. The average Bonchev–Trinajstić information content (AvgIpc) is 3.30. The van der Waals surface area contributed by atoms with E-state index in [1.807, 2.05) is 0 Å². The van der Waals surface area contributed by atoms with Crippen molar-refractivity contribution in [2.75, 3.05) is 0 Å². The molecule has 1 unspecified atom stereocenters. The molecule has 0 aliphatic heterocycles. The van der Waals surface area contributed by atoms with Crippen LogP contribution in [0.25, 0.3) is 16.4 Å². The average molecular weight is 606 g/mol. The van der Waals surface area contributed by atoms with Crippen molar-refractivity contribution in [3.8, 4) is 28.2 Å². The molecule has 0 bridgehead atoms. The van der Waals surface area contributed by atoms with E-state index in [0.717, 1.165) is 61.8 Å². The van der Waals surface area contributed by atoms with Gasteiger partial charge in [-0.3, -0.25) is 0 Å². The summed E-state index contributed by atoms with van der Waals surface area (Å²) >= 11 is 1.20. The van der Waals surface area contributed by atoms with Crippen LogP contribution >= 0.6 is 11.3 Å².